The number of aryl methyl sites for hydroxylation is 2. The number of guanidine groups is 1. The summed E-state index contributed by atoms with van der Waals surface area (Å²) in [5, 5.41) is 11.3. The summed E-state index contributed by atoms with van der Waals surface area (Å²) >= 11 is 0. The second kappa shape index (κ2) is 11.5. The zero-order valence-electron chi connectivity index (χ0n) is 19.2. The minimum absolute atomic E-state index is 0. The number of carbonyl (C=O) groups excluding carboxylic acids is 1. The van der Waals surface area contributed by atoms with Crippen LogP contribution in [-0.4, -0.2) is 47.8 Å². The van der Waals surface area contributed by atoms with E-state index >= 15 is 0 Å². The van der Waals surface area contributed by atoms with Crippen LogP contribution in [0.15, 0.2) is 29.3 Å². The molecule has 0 fully saturated rings. The van der Waals surface area contributed by atoms with Gasteiger partial charge in [0.15, 0.2) is 5.96 Å². The average Bonchev–Trinajstić information content (AvgIpc) is 3.26. The number of carbonyl (C=O) groups is 1. The van der Waals surface area contributed by atoms with E-state index < -0.39 is 0 Å². The molecular formula is C23H35IN6O. The van der Waals surface area contributed by atoms with Crippen LogP contribution in [0.25, 0.3) is 0 Å². The molecule has 2 heterocycles. The van der Waals surface area contributed by atoms with E-state index in [-0.39, 0.29) is 35.9 Å². The van der Waals surface area contributed by atoms with E-state index in [0.29, 0.717) is 13.0 Å². The molecule has 3 rings (SSSR count). The van der Waals surface area contributed by atoms with Crippen LogP contribution < -0.4 is 15.5 Å². The molecule has 0 aliphatic carbocycles. The normalized spacial score (nSPS) is 14.1. The van der Waals surface area contributed by atoms with Gasteiger partial charge in [-0.2, -0.15) is 5.10 Å². The Kier molecular flexibility index (Phi) is 9.33. The zero-order chi connectivity index (χ0) is 21.7. The molecule has 7 nitrogen and oxygen atoms in total. The topological polar surface area (TPSA) is 74.6 Å². The second-order valence-corrected chi connectivity index (χ2v) is 8.05. The first-order valence-electron chi connectivity index (χ1n) is 10.7. The van der Waals surface area contributed by atoms with E-state index in [1.165, 1.54) is 16.8 Å². The van der Waals surface area contributed by atoms with Crippen molar-refractivity contribution in [1.29, 1.82) is 0 Å². The maximum absolute atomic E-state index is 12.6. The third kappa shape index (κ3) is 6.21. The van der Waals surface area contributed by atoms with Crippen molar-refractivity contribution in [1.82, 2.24) is 20.4 Å². The highest BCUT2D eigenvalue weighted by atomic mass is 127. The van der Waals surface area contributed by atoms with Crippen molar-refractivity contribution >= 4 is 41.5 Å². The van der Waals surface area contributed by atoms with Crippen LogP contribution in [0.3, 0.4) is 0 Å². The molecule has 0 bridgehead atoms. The van der Waals surface area contributed by atoms with Crippen LogP contribution in [0.4, 0.5) is 5.69 Å². The fourth-order valence-corrected chi connectivity index (χ4v) is 4.08. The van der Waals surface area contributed by atoms with Gasteiger partial charge >= 0.3 is 0 Å². The van der Waals surface area contributed by atoms with Crippen molar-refractivity contribution in [3.05, 3.63) is 46.8 Å². The number of anilines is 1. The zero-order valence-corrected chi connectivity index (χ0v) is 21.6. The summed E-state index contributed by atoms with van der Waals surface area (Å²) in [5.74, 6) is 0.959. The molecular weight excluding hydrogens is 503 g/mol. The Balaban J connectivity index is 0.00000341. The number of benzene rings is 1. The molecule has 8 heteroatoms. The van der Waals surface area contributed by atoms with Gasteiger partial charge in [0.1, 0.15) is 0 Å². The predicted octanol–water partition coefficient (Wildman–Crippen LogP) is 3.12. The lowest BCUT2D eigenvalue weighted by atomic mass is 10.1. The fourth-order valence-electron chi connectivity index (χ4n) is 4.08. The number of hydrogen-bond acceptors (Lipinski definition) is 3. The molecule has 1 amide bonds. The highest BCUT2D eigenvalue weighted by molar-refractivity contribution is 14.0. The SMILES string of the molecule is CN=C(NCCCC(=O)N1CCc2ccccc21)NC(C)Cc1c(C)nn(C)c1C.I. The van der Waals surface area contributed by atoms with Gasteiger partial charge < -0.3 is 15.5 Å². The maximum Gasteiger partial charge on any atom is 0.227 e. The largest absolute Gasteiger partial charge is 0.356 e. The van der Waals surface area contributed by atoms with Crippen molar-refractivity contribution in [2.45, 2.75) is 52.5 Å². The van der Waals surface area contributed by atoms with E-state index in [9.17, 15) is 4.79 Å². The molecule has 31 heavy (non-hydrogen) atoms. The second-order valence-electron chi connectivity index (χ2n) is 8.05. The summed E-state index contributed by atoms with van der Waals surface area (Å²) in [5.41, 5.74) is 5.90. The van der Waals surface area contributed by atoms with Gasteiger partial charge in [-0.15, -0.1) is 24.0 Å². The lowest BCUT2D eigenvalue weighted by molar-refractivity contribution is -0.118. The average molecular weight is 538 g/mol. The predicted molar refractivity (Wildman–Crippen MR) is 137 cm³/mol. The number of nitrogens with zero attached hydrogens (tertiary/aromatic N) is 4. The summed E-state index contributed by atoms with van der Waals surface area (Å²) in [6.45, 7) is 7.80. The van der Waals surface area contributed by atoms with E-state index in [4.69, 9.17) is 0 Å². The lowest BCUT2D eigenvalue weighted by Gasteiger charge is -2.19. The van der Waals surface area contributed by atoms with Crippen molar-refractivity contribution in [3.63, 3.8) is 0 Å². The Morgan fingerprint density at radius 2 is 2.03 bits per heavy atom. The summed E-state index contributed by atoms with van der Waals surface area (Å²) in [7, 11) is 3.75. The third-order valence-corrected chi connectivity index (χ3v) is 5.82. The van der Waals surface area contributed by atoms with Crippen molar-refractivity contribution in [2.75, 3.05) is 25.0 Å². The maximum atomic E-state index is 12.6. The highest BCUT2D eigenvalue weighted by Crippen LogP contribution is 2.27. The molecule has 0 radical (unpaired) electrons. The van der Waals surface area contributed by atoms with Gasteiger partial charge in [0.05, 0.1) is 5.69 Å². The molecule has 1 aromatic carbocycles. The summed E-state index contributed by atoms with van der Waals surface area (Å²) < 4.78 is 1.93. The van der Waals surface area contributed by atoms with Crippen LogP contribution in [0.2, 0.25) is 0 Å². The monoisotopic (exact) mass is 538 g/mol. The number of hydrogen-bond donors (Lipinski definition) is 2. The minimum atomic E-state index is 0. The van der Waals surface area contributed by atoms with Gasteiger partial charge in [-0.05, 0) is 57.2 Å². The molecule has 1 unspecified atom stereocenters. The van der Waals surface area contributed by atoms with Crippen LogP contribution in [0.5, 0.6) is 0 Å². The van der Waals surface area contributed by atoms with Crippen LogP contribution in [0, 0.1) is 13.8 Å². The molecule has 1 aliphatic heterocycles. The molecule has 0 saturated carbocycles. The molecule has 2 aromatic rings. The van der Waals surface area contributed by atoms with Crippen molar-refractivity contribution in [3.8, 4) is 0 Å². The number of nitrogens with one attached hydrogen (secondary N) is 2. The van der Waals surface area contributed by atoms with E-state index in [1.54, 1.807) is 7.05 Å². The van der Waals surface area contributed by atoms with E-state index in [0.717, 1.165) is 43.1 Å². The number of aromatic nitrogens is 2. The van der Waals surface area contributed by atoms with Gasteiger partial charge in [-0.1, -0.05) is 18.2 Å². The number of halogens is 1. The van der Waals surface area contributed by atoms with E-state index in [2.05, 4.69) is 47.6 Å². The lowest BCUT2D eigenvalue weighted by Crippen LogP contribution is -2.43. The highest BCUT2D eigenvalue weighted by Gasteiger charge is 2.23. The molecule has 1 aliphatic rings. The summed E-state index contributed by atoms with van der Waals surface area (Å²) in [6.07, 6.45) is 3.14. The van der Waals surface area contributed by atoms with Gasteiger partial charge in [0.25, 0.3) is 0 Å². The fraction of sp³-hybridized carbons (Fsp3) is 0.522. The first-order chi connectivity index (χ1) is 14.4. The van der Waals surface area contributed by atoms with Crippen LogP contribution >= 0.6 is 24.0 Å². The van der Waals surface area contributed by atoms with Gasteiger partial charge in [0, 0.05) is 51.0 Å². The van der Waals surface area contributed by atoms with Gasteiger partial charge in [0.2, 0.25) is 5.91 Å². The Labute approximate surface area is 202 Å². The Morgan fingerprint density at radius 3 is 2.71 bits per heavy atom. The number of amides is 1. The first kappa shape index (κ1) is 25.2. The number of fused-ring (bicyclic) bond motifs is 1. The minimum Gasteiger partial charge on any atom is -0.356 e. The quantitative estimate of drug-likeness (QED) is 0.246. The number of rotatable bonds is 7. The standard InChI is InChI=1S/C23H34N6O.HI/c1-16(15-20-17(2)27-28(5)18(20)3)26-23(24-4)25-13-8-11-22(30)29-14-12-19-9-6-7-10-21(19)29;/h6-7,9-10,16H,8,11-15H2,1-5H3,(H2,24,25,26);1H. The molecule has 1 atom stereocenters. The van der Waals surface area contributed by atoms with Crippen LogP contribution in [-0.2, 0) is 24.7 Å². The third-order valence-electron chi connectivity index (χ3n) is 5.82. The molecule has 1 aromatic heterocycles. The molecule has 170 valence electrons. The number of aliphatic imine (C=N–C) groups is 1. The summed E-state index contributed by atoms with van der Waals surface area (Å²) in [4.78, 5) is 18.9. The Hall–Kier alpha value is -2.10. The van der Waals surface area contributed by atoms with Crippen molar-refractivity contribution in [2.24, 2.45) is 12.0 Å². The van der Waals surface area contributed by atoms with Crippen molar-refractivity contribution < 1.29 is 4.79 Å². The van der Waals surface area contributed by atoms with Gasteiger partial charge in [-0.25, -0.2) is 0 Å². The molecule has 0 spiro atoms. The van der Waals surface area contributed by atoms with Crippen LogP contribution in [0.1, 0.15) is 42.3 Å². The van der Waals surface area contributed by atoms with Gasteiger partial charge in [-0.3, -0.25) is 14.5 Å². The van der Waals surface area contributed by atoms with E-state index in [1.807, 2.05) is 34.8 Å². The Morgan fingerprint density at radius 1 is 1.29 bits per heavy atom. The summed E-state index contributed by atoms with van der Waals surface area (Å²) in [6, 6.07) is 8.40. The number of para-hydroxylation sites is 1. The Bertz CT molecular complexity index is 923. The molecule has 2 N–H and O–H groups in total. The smallest absolute Gasteiger partial charge is 0.227 e. The first-order valence-corrected chi connectivity index (χ1v) is 10.7. The molecule has 0 saturated heterocycles.